The zero-order valence-electron chi connectivity index (χ0n) is 11.7. The smallest absolute Gasteiger partial charge is 0.237 e. The first-order valence-electron chi connectivity index (χ1n) is 6.72. The molecule has 2 N–H and O–H groups in total. The third-order valence-corrected chi connectivity index (χ3v) is 4.67. The minimum Gasteiger partial charge on any atom is -0.348 e. The molecule has 1 aromatic carbocycles. The first-order chi connectivity index (χ1) is 9.38. The first kappa shape index (κ1) is 15.0. The van der Waals surface area contributed by atoms with Crippen molar-refractivity contribution in [3.8, 4) is 0 Å². The predicted octanol–water partition coefficient (Wildman–Crippen LogP) is 1.02. The van der Waals surface area contributed by atoms with E-state index in [2.05, 4.69) is 10.6 Å². The third kappa shape index (κ3) is 3.58. The van der Waals surface area contributed by atoms with E-state index in [4.69, 9.17) is 0 Å². The van der Waals surface area contributed by atoms with Crippen LogP contribution < -0.4 is 10.6 Å². The highest BCUT2D eigenvalue weighted by Crippen LogP contribution is 2.17. The van der Waals surface area contributed by atoms with Gasteiger partial charge in [0.15, 0.2) is 9.84 Å². The summed E-state index contributed by atoms with van der Waals surface area (Å²) in [6.07, 6.45) is 3.07. The first-order valence-corrected chi connectivity index (χ1v) is 8.61. The number of rotatable bonds is 4. The Morgan fingerprint density at radius 2 is 2.00 bits per heavy atom. The molecule has 1 unspecified atom stereocenters. The van der Waals surface area contributed by atoms with Crippen molar-refractivity contribution in [1.29, 1.82) is 0 Å². The van der Waals surface area contributed by atoms with Gasteiger partial charge in [0.2, 0.25) is 5.91 Å². The lowest BCUT2D eigenvalue weighted by Gasteiger charge is -2.17. The van der Waals surface area contributed by atoms with Crippen LogP contribution in [-0.2, 0) is 14.6 Å². The number of sulfone groups is 1. The van der Waals surface area contributed by atoms with Crippen LogP contribution in [0.2, 0.25) is 0 Å². The van der Waals surface area contributed by atoms with Crippen LogP contribution >= 0.6 is 0 Å². The summed E-state index contributed by atoms with van der Waals surface area (Å²) < 4.78 is 22.8. The molecule has 5 nitrogen and oxygen atoms in total. The van der Waals surface area contributed by atoms with Crippen molar-refractivity contribution < 1.29 is 13.2 Å². The SMILES string of the molecule is CC(NC(=O)[C@@H]1CCCN1)c1ccc(S(C)(=O)=O)cc1. The van der Waals surface area contributed by atoms with E-state index in [1.165, 1.54) is 6.26 Å². The molecule has 20 heavy (non-hydrogen) atoms. The van der Waals surface area contributed by atoms with Crippen molar-refractivity contribution in [2.75, 3.05) is 12.8 Å². The minimum atomic E-state index is -3.18. The van der Waals surface area contributed by atoms with Gasteiger partial charge < -0.3 is 10.6 Å². The van der Waals surface area contributed by atoms with Crippen molar-refractivity contribution in [2.45, 2.75) is 36.7 Å². The molecule has 2 rings (SSSR count). The van der Waals surface area contributed by atoms with Crippen LogP contribution in [0, 0.1) is 0 Å². The lowest BCUT2D eigenvalue weighted by Crippen LogP contribution is -2.41. The number of carbonyl (C=O) groups is 1. The van der Waals surface area contributed by atoms with Crippen LogP contribution in [0.5, 0.6) is 0 Å². The molecule has 1 aromatic rings. The summed E-state index contributed by atoms with van der Waals surface area (Å²) in [5.74, 6) is 0.00203. The largest absolute Gasteiger partial charge is 0.348 e. The maximum Gasteiger partial charge on any atom is 0.237 e. The van der Waals surface area contributed by atoms with E-state index in [0.29, 0.717) is 0 Å². The molecule has 2 atom stereocenters. The molecule has 0 aromatic heterocycles. The molecule has 1 fully saturated rings. The van der Waals surface area contributed by atoms with Crippen LogP contribution in [0.15, 0.2) is 29.2 Å². The number of carbonyl (C=O) groups excluding carboxylic acids is 1. The fourth-order valence-electron chi connectivity index (χ4n) is 2.31. The van der Waals surface area contributed by atoms with Gasteiger partial charge in [-0.05, 0) is 44.0 Å². The molecular weight excluding hydrogens is 276 g/mol. The second-order valence-corrected chi connectivity index (χ2v) is 7.24. The Morgan fingerprint density at radius 1 is 1.35 bits per heavy atom. The molecule has 110 valence electrons. The fourth-order valence-corrected chi connectivity index (χ4v) is 2.94. The highest BCUT2D eigenvalue weighted by Gasteiger charge is 2.23. The Bertz CT molecular complexity index is 575. The highest BCUT2D eigenvalue weighted by atomic mass is 32.2. The standard InChI is InChI=1S/C14H20N2O3S/c1-10(16-14(17)13-4-3-9-15-13)11-5-7-12(8-6-11)20(2,18)19/h5-8,10,13,15H,3-4,9H2,1-2H3,(H,16,17)/t10?,13-/m0/s1. The summed E-state index contributed by atoms with van der Waals surface area (Å²) in [7, 11) is -3.18. The molecule has 0 aliphatic carbocycles. The van der Waals surface area contributed by atoms with Gasteiger partial charge in [0.1, 0.15) is 0 Å². The van der Waals surface area contributed by atoms with Gasteiger partial charge in [-0.1, -0.05) is 12.1 Å². The number of hydrogen-bond acceptors (Lipinski definition) is 4. The van der Waals surface area contributed by atoms with Crippen LogP contribution in [0.1, 0.15) is 31.4 Å². The van der Waals surface area contributed by atoms with Gasteiger partial charge >= 0.3 is 0 Å². The summed E-state index contributed by atoms with van der Waals surface area (Å²) in [4.78, 5) is 12.3. The molecule has 1 amide bonds. The third-order valence-electron chi connectivity index (χ3n) is 3.54. The summed E-state index contributed by atoms with van der Waals surface area (Å²) in [6, 6.07) is 6.38. The van der Waals surface area contributed by atoms with E-state index in [1.54, 1.807) is 24.3 Å². The van der Waals surface area contributed by atoms with E-state index in [-0.39, 0.29) is 22.9 Å². The predicted molar refractivity (Wildman–Crippen MR) is 77.1 cm³/mol. The van der Waals surface area contributed by atoms with Crippen molar-refractivity contribution in [3.05, 3.63) is 29.8 Å². The zero-order chi connectivity index (χ0) is 14.8. The van der Waals surface area contributed by atoms with Crippen LogP contribution in [0.4, 0.5) is 0 Å². The van der Waals surface area contributed by atoms with Crippen LogP contribution in [-0.4, -0.2) is 33.2 Å². The maximum atomic E-state index is 12.0. The summed E-state index contributed by atoms with van der Waals surface area (Å²) in [5.41, 5.74) is 0.892. The molecule has 1 aliphatic rings. The van der Waals surface area contributed by atoms with E-state index < -0.39 is 9.84 Å². The van der Waals surface area contributed by atoms with Gasteiger partial charge in [-0.15, -0.1) is 0 Å². The Hall–Kier alpha value is -1.40. The van der Waals surface area contributed by atoms with Crippen molar-refractivity contribution in [1.82, 2.24) is 10.6 Å². The number of nitrogens with one attached hydrogen (secondary N) is 2. The molecule has 1 aliphatic heterocycles. The molecule has 0 bridgehead atoms. The Labute approximate surface area is 119 Å². The average Bonchev–Trinajstić information content (AvgIpc) is 2.91. The van der Waals surface area contributed by atoms with Gasteiger partial charge in [-0.25, -0.2) is 8.42 Å². The number of benzene rings is 1. The van der Waals surface area contributed by atoms with Crippen molar-refractivity contribution >= 4 is 15.7 Å². The van der Waals surface area contributed by atoms with E-state index in [0.717, 1.165) is 24.9 Å². The lowest BCUT2D eigenvalue weighted by atomic mass is 10.1. The van der Waals surface area contributed by atoms with E-state index in [1.807, 2.05) is 6.92 Å². The normalized spacial score (nSPS) is 20.6. The minimum absolute atomic E-state index is 0.00203. The zero-order valence-corrected chi connectivity index (χ0v) is 12.5. The fraction of sp³-hybridized carbons (Fsp3) is 0.500. The van der Waals surface area contributed by atoms with Gasteiger partial charge in [-0.2, -0.15) is 0 Å². The average molecular weight is 296 g/mol. The Kier molecular flexibility index (Phi) is 4.45. The summed E-state index contributed by atoms with van der Waals surface area (Å²) in [5, 5.41) is 6.10. The monoisotopic (exact) mass is 296 g/mol. The van der Waals surface area contributed by atoms with Gasteiger partial charge in [0.05, 0.1) is 17.0 Å². The Balaban J connectivity index is 2.02. The lowest BCUT2D eigenvalue weighted by molar-refractivity contribution is -0.123. The molecule has 6 heteroatoms. The van der Waals surface area contributed by atoms with Gasteiger partial charge in [0.25, 0.3) is 0 Å². The topological polar surface area (TPSA) is 75.3 Å². The van der Waals surface area contributed by atoms with Gasteiger partial charge in [0, 0.05) is 6.26 Å². The van der Waals surface area contributed by atoms with E-state index in [9.17, 15) is 13.2 Å². The van der Waals surface area contributed by atoms with Crippen LogP contribution in [0.3, 0.4) is 0 Å². The summed E-state index contributed by atoms with van der Waals surface area (Å²) in [6.45, 7) is 2.78. The van der Waals surface area contributed by atoms with Crippen molar-refractivity contribution in [2.24, 2.45) is 0 Å². The molecule has 1 heterocycles. The number of amides is 1. The van der Waals surface area contributed by atoms with E-state index >= 15 is 0 Å². The molecule has 0 radical (unpaired) electrons. The quantitative estimate of drug-likeness (QED) is 0.870. The highest BCUT2D eigenvalue weighted by molar-refractivity contribution is 7.90. The second-order valence-electron chi connectivity index (χ2n) is 5.22. The Morgan fingerprint density at radius 3 is 2.50 bits per heavy atom. The molecule has 0 saturated carbocycles. The maximum absolute atomic E-state index is 12.0. The van der Waals surface area contributed by atoms with Crippen molar-refractivity contribution in [3.63, 3.8) is 0 Å². The number of hydrogen-bond donors (Lipinski definition) is 2. The molecule has 0 spiro atoms. The second kappa shape index (κ2) is 5.93. The molecule has 1 saturated heterocycles. The van der Waals surface area contributed by atoms with Crippen LogP contribution in [0.25, 0.3) is 0 Å². The van der Waals surface area contributed by atoms with Gasteiger partial charge in [-0.3, -0.25) is 4.79 Å². The molecular formula is C14H20N2O3S. The summed E-state index contributed by atoms with van der Waals surface area (Å²) >= 11 is 0.